The third kappa shape index (κ3) is 3.95. The molecule has 0 amide bonds. The quantitative estimate of drug-likeness (QED) is 0.820. The predicted octanol–water partition coefficient (Wildman–Crippen LogP) is 4.44. The highest BCUT2D eigenvalue weighted by Gasteiger charge is 2.02. The summed E-state index contributed by atoms with van der Waals surface area (Å²) in [6, 6.07) is 14.0. The molecule has 0 aliphatic rings. The Balaban J connectivity index is 1.93. The Bertz CT molecular complexity index is 626. The molecule has 2 N–H and O–H groups in total. The van der Waals surface area contributed by atoms with Gasteiger partial charge in [-0.25, -0.2) is 0 Å². The maximum absolute atomic E-state index is 6.09. The van der Waals surface area contributed by atoms with Crippen LogP contribution in [0.4, 0.5) is 5.69 Å². The van der Waals surface area contributed by atoms with Gasteiger partial charge in [0.1, 0.15) is 0 Å². The van der Waals surface area contributed by atoms with Gasteiger partial charge in [-0.3, -0.25) is 0 Å². The second-order valence-corrected chi connectivity index (χ2v) is 5.51. The van der Waals surface area contributed by atoms with Gasteiger partial charge >= 0.3 is 0 Å². The van der Waals surface area contributed by atoms with Gasteiger partial charge in [-0.05, 0) is 54.9 Å². The molecule has 0 fully saturated rings. The number of halogens is 1. The van der Waals surface area contributed by atoms with Crippen molar-refractivity contribution in [1.29, 1.82) is 0 Å². The first-order valence-electron chi connectivity index (χ1n) is 6.42. The van der Waals surface area contributed by atoms with Crippen molar-refractivity contribution in [2.24, 2.45) is 0 Å². The van der Waals surface area contributed by atoms with Gasteiger partial charge in [0, 0.05) is 17.3 Å². The highest BCUT2D eigenvalue weighted by atomic mass is 35.5. The maximum atomic E-state index is 6.09. The molecule has 0 spiro atoms. The lowest BCUT2D eigenvalue weighted by Gasteiger charge is -2.12. The Morgan fingerprint density at radius 2 is 1.85 bits per heavy atom. The number of anilines is 1. The van der Waals surface area contributed by atoms with Crippen molar-refractivity contribution >= 4 is 34.6 Å². The van der Waals surface area contributed by atoms with Crippen LogP contribution in [0.15, 0.2) is 42.5 Å². The van der Waals surface area contributed by atoms with Crippen LogP contribution in [0, 0.1) is 13.8 Å². The van der Waals surface area contributed by atoms with Gasteiger partial charge in [0.15, 0.2) is 5.11 Å². The summed E-state index contributed by atoms with van der Waals surface area (Å²) in [5.74, 6) is 0. The van der Waals surface area contributed by atoms with Crippen molar-refractivity contribution in [3.63, 3.8) is 0 Å². The second kappa shape index (κ2) is 6.73. The normalized spacial score (nSPS) is 10.2. The summed E-state index contributed by atoms with van der Waals surface area (Å²) in [4.78, 5) is 0. The van der Waals surface area contributed by atoms with Crippen LogP contribution in [0.25, 0.3) is 0 Å². The molecule has 20 heavy (non-hydrogen) atoms. The first-order chi connectivity index (χ1) is 9.56. The van der Waals surface area contributed by atoms with E-state index in [1.54, 1.807) is 0 Å². The average Bonchev–Trinajstić information content (AvgIpc) is 2.42. The minimum absolute atomic E-state index is 0.591. The molecule has 0 heterocycles. The molecular formula is C16H17ClN2S. The summed E-state index contributed by atoms with van der Waals surface area (Å²) >= 11 is 11.4. The summed E-state index contributed by atoms with van der Waals surface area (Å²) in [5.41, 5.74) is 4.43. The van der Waals surface area contributed by atoms with E-state index in [2.05, 4.69) is 29.7 Å². The number of rotatable bonds is 3. The number of aryl methyl sites for hydroxylation is 2. The molecule has 4 heteroatoms. The Morgan fingerprint density at radius 1 is 1.10 bits per heavy atom. The van der Waals surface area contributed by atoms with Crippen LogP contribution in [0.3, 0.4) is 0 Å². The minimum atomic E-state index is 0.591. The SMILES string of the molecule is Cc1ccc(NC(=S)NCc2ccccc2C)cc1Cl. The molecule has 0 bridgehead atoms. The van der Waals surface area contributed by atoms with Crippen molar-refractivity contribution in [2.45, 2.75) is 20.4 Å². The van der Waals surface area contributed by atoms with Crippen molar-refractivity contribution in [1.82, 2.24) is 5.32 Å². The third-order valence-electron chi connectivity index (χ3n) is 3.13. The molecule has 0 aromatic heterocycles. The topological polar surface area (TPSA) is 24.1 Å². The van der Waals surface area contributed by atoms with Crippen molar-refractivity contribution in [3.05, 3.63) is 64.2 Å². The number of nitrogens with one attached hydrogen (secondary N) is 2. The molecule has 0 saturated carbocycles. The zero-order chi connectivity index (χ0) is 14.5. The van der Waals surface area contributed by atoms with Crippen molar-refractivity contribution in [2.75, 3.05) is 5.32 Å². The van der Waals surface area contributed by atoms with Crippen LogP contribution in [0.1, 0.15) is 16.7 Å². The summed E-state index contributed by atoms with van der Waals surface area (Å²) in [7, 11) is 0. The number of benzene rings is 2. The molecule has 0 aliphatic heterocycles. The lowest BCUT2D eigenvalue weighted by Crippen LogP contribution is -2.28. The molecule has 0 aliphatic carbocycles. The fraction of sp³-hybridized carbons (Fsp3) is 0.188. The summed E-state index contributed by atoms with van der Waals surface area (Å²) in [6.45, 7) is 4.77. The fourth-order valence-corrected chi connectivity index (χ4v) is 2.20. The van der Waals surface area contributed by atoms with E-state index in [0.29, 0.717) is 11.7 Å². The Kier molecular flexibility index (Phi) is 4.99. The Hall–Kier alpha value is -1.58. The molecule has 0 unspecified atom stereocenters. The van der Waals surface area contributed by atoms with E-state index in [4.69, 9.17) is 23.8 Å². The van der Waals surface area contributed by atoms with Gasteiger partial charge in [-0.15, -0.1) is 0 Å². The number of thiocarbonyl (C=S) groups is 1. The van der Waals surface area contributed by atoms with E-state index in [-0.39, 0.29) is 0 Å². The van der Waals surface area contributed by atoms with E-state index in [0.717, 1.165) is 16.3 Å². The van der Waals surface area contributed by atoms with E-state index in [1.807, 2.05) is 37.3 Å². The molecule has 2 nitrogen and oxygen atoms in total. The monoisotopic (exact) mass is 304 g/mol. The van der Waals surface area contributed by atoms with Gasteiger partial charge < -0.3 is 10.6 Å². The number of hydrogen-bond acceptors (Lipinski definition) is 1. The van der Waals surface area contributed by atoms with Crippen molar-refractivity contribution < 1.29 is 0 Å². The van der Waals surface area contributed by atoms with Gasteiger partial charge in [0.05, 0.1) is 0 Å². The van der Waals surface area contributed by atoms with Crippen LogP contribution in [0.2, 0.25) is 5.02 Å². The maximum Gasteiger partial charge on any atom is 0.171 e. The van der Waals surface area contributed by atoms with Gasteiger partial charge in [0.25, 0.3) is 0 Å². The first kappa shape index (κ1) is 14.8. The van der Waals surface area contributed by atoms with E-state index >= 15 is 0 Å². The highest BCUT2D eigenvalue weighted by molar-refractivity contribution is 7.80. The third-order valence-corrected chi connectivity index (χ3v) is 3.78. The van der Waals surface area contributed by atoms with Gasteiger partial charge in [-0.2, -0.15) is 0 Å². The zero-order valence-electron chi connectivity index (χ0n) is 11.5. The highest BCUT2D eigenvalue weighted by Crippen LogP contribution is 2.19. The van der Waals surface area contributed by atoms with Gasteiger partial charge in [-0.1, -0.05) is 41.9 Å². The van der Waals surface area contributed by atoms with Crippen LogP contribution < -0.4 is 10.6 Å². The number of hydrogen-bond donors (Lipinski definition) is 2. The Labute approximate surface area is 130 Å². The second-order valence-electron chi connectivity index (χ2n) is 4.70. The zero-order valence-corrected chi connectivity index (χ0v) is 13.1. The van der Waals surface area contributed by atoms with Crippen LogP contribution in [-0.4, -0.2) is 5.11 Å². The van der Waals surface area contributed by atoms with Crippen LogP contribution >= 0.6 is 23.8 Å². The summed E-state index contributed by atoms with van der Waals surface area (Å²) < 4.78 is 0. The molecule has 2 rings (SSSR count). The molecule has 0 saturated heterocycles. The van der Waals surface area contributed by atoms with E-state index in [9.17, 15) is 0 Å². The Morgan fingerprint density at radius 3 is 2.55 bits per heavy atom. The fourth-order valence-electron chi connectivity index (χ4n) is 1.83. The largest absolute Gasteiger partial charge is 0.358 e. The lowest BCUT2D eigenvalue weighted by atomic mass is 10.1. The predicted molar refractivity (Wildman–Crippen MR) is 90.4 cm³/mol. The molecular weight excluding hydrogens is 288 g/mol. The molecule has 0 radical (unpaired) electrons. The van der Waals surface area contributed by atoms with Crippen molar-refractivity contribution in [3.8, 4) is 0 Å². The minimum Gasteiger partial charge on any atom is -0.358 e. The molecule has 104 valence electrons. The molecule has 0 atom stereocenters. The van der Waals surface area contributed by atoms with E-state index < -0.39 is 0 Å². The van der Waals surface area contributed by atoms with Gasteiger partial charge in [0.2, 0.25) is 0 Å². The summed E-state index contributed by atoms with van der Waals surface area (Å²) in [6.07, 6.45) is 0. The van der Waals surface area contributed by atoms with Crippen LogP contribution in [-0.2, 0) is 6.54 Å². The van der Waals surface area contributed by atoms with Crippen LogP contribution in [0.5, 0.6) is 0 Å². The lowest BCUT2D eigenvalue weighted by molar-refractivity contribution is 0.915. The smallest absolute Gasteiger partial charge is 0.171 e. The standard InChI is InChI=1S/C16H17ClN2S/c1-11-5-3-4-6-13(11)10-18-16(20)19-14-8-7-12(2)15(17)9-14/h3-9H,10H2,1-2H3,(H2,18,19,20). The van der Waals surface area contributed by atoms with E-state index in [1.165, 1.54) is 11.1 Å². The molecule has 2 aromatic carbocycles. The average molecular weight is 305 g/mol. The molecule has 2 aromatic rings. The summed E-state index contributed by atoms with van der Waals surface area (Å²) in [5, 5.41) is 7.66. The first-order valence-corrected chi connectivity index (χ1v) is 7.20.